The number of pyridine rings is 1. The van der Waals surface area contributed by atoms with Crippen LogP contribution in [0.1, 0.15) is 11.1 Å². The minimum atomic E-state index is -0.566. The molecule has 2 rings (SSSR count). The van der Waals surface area contributed by atoms with Gasteiger partial charge in [0.1, 0.15) is 23.1 Å². The molecule has 7 nitrogen and oxygen atoms in total. The molecule has 1 N–H and O–H groups in total. The summed E-state index contributed by atoms with van der Waals surface area (Å²) >= 11 is 5.91. The summed E-state index contributed by atoms with van der Waals surface area (Å²) in [7, 11) is 2.82. The molecule has 8 heteroatoms. The molecule has 0 unspecified atom stereocenters. The monoisotopic (exact) mass is 332 g/mol. The van der Waals surface area contributed by atoms with Crippen LogP contribution in [0.3, 0.4) is 0 Å². The molecule has 0 aliphatic heterocycles. The maximum absolute atomic E-state index is 12.2. The van der Waals surface area contributed by atoms with Gasteiger partial charge in [0.2, 0.25) is 5.88 Å². The van der Waals surface area contributed by atoms with Crippen molar-refractivity contribution in [2.24, 2.45) is 17.3 Å². The molecule has 0 amide bonds. The van der Waals surface area contributed by atoms with Gasteiger partial charge in [-0.1, -0.05) is 11.6 Å². The third-order valence-corrected chi connectivity index (χ3v) is 3.52. The molecule has 0 atom stereocenters. The highest BCUT2D eigenvalue weighted by molar-refractivity contribution is 6.30. The number of azo groups is 1. The molecule has 0 spiro atoms. The molecule has 0 aliphatic rings. The van der Waals surface area contributed by atoms with Crippen molar-refractivity contribution in [3.05, 3.63) is 44.7 Å². The highest BCUT2D eigenvalue weighted by atomic mass is 35.5. The van der Waals surface area contributed by atoms with Crippen molar-refractivity contribution in [3.63, 3.8) is 0 Å². The Morgan fingerprint density at radius 2 is 2.09 bits per heavy atom. The molecule has 0 radical (unpaired) electrons. The minimum Gasteiger partial charge on any atom is -0.494 e. The number of rotatable bonds is 3. The number of nitriles is 1. The van der Waals surface area contributed by atoms with E-state index in [9.17, 15) is 9.90 Å². The Labute approximate surface area is 137 Å². The van der Waals surface area contributed by atoms with Gasteiger partial charge in [-0.3, -0.25) is 9.36 Å². The zero-order valence-electron chi connectivity index (χ0n) is 12.7. The second kappa shape index (κ2) is 6.50. The van der Waals surface area contributed by atoms with E-state index in [1.54, 1.807) is 12.1 Å². The molecule has 0 fully saturated rings. The third kappa shape index (κ3) is 3.03. The second-order valence-corrected chi connectivity index (χ2v) is 5.10. The Hall–Kier alpha value is -2.85. The lowest BCUT2D eigenvalue weighted by Crippen LogP contribution is -2.18. The third-order valence-electron chi connectivity index (χ3n) is 3.29. The summed E-state index contributed by atoms with van der Waals surface area (Å²) in [6.07, 6.45) is 0. The van der Waals surface area contributed by atoms with Gasteiger partial charge in [-0.05, 0) is 25.1 Å². The fourth-order valence-corrected chi connectivity index (χ4v) is 2.13. The molecule has 0 saturated heterocycles. The number of halogens is 1. The lowest BCUT2D eigenvalue weighted by atomic mass is 10.1. The Balaban J connectivity index is 2.62. The van der Waals surface area contributed by atoms with Crippen LogP contribution in [0.4, 0.5) is 11.4 Å². The van der Waals surface area contributed by atoms with E-state index in [1.165, 1.54) is 27.1 Å². The van der Waals surface area contributed by atoms with Gasteiger partial charge in [0.05, 0.1) is 7.11 Å². The number of ether oxygens (including phenoxy) is 1. The van der Waals surface area contributed by atoms with Crippen LogP contribution >= 0.6 is 11.6 Å². The van der Waals surface area contributed by atoms with E-state index in [2.05, 4.69) is 10.2 Å². The summed E-state index contributed by atoms with van der Waals surface area (Å²) in [6.45, 7) is 1.52. The maximum atomic E-state index is 12.2. The molecule has 1 aromatic carbocycles. The summed E-state index contributed by atoms with van der Waals surface area (Å²) in [4.78, 5) is 12.2. The molecule has 118 valence electrons. The summed E-state index contributed by atoms with van der Waals surface area (Å²) in [6, 6.07) is 6.64. The maximum Gasteiger partial charge on any atom is 0.281 e. The summed E-state index contributed by atoms with van der Waals surface area (Å²) in [5.41, 5.74) is -0.0439. The highest BCUT2D eigenvalue weighted by Crippen LogP contribution is 2.32. The predicted octanol–water partition coefficient (Wildman–Crippen LogP) is 3.35. The lowest BCUT2D eigenvalue weighted by Gasteiger charge is -2.08. The van der Waals surface area contributed by atoms with Crippen LogP contribution in [0, 0.1) is 18.3 Å². The summed E-state index contributed by atoms with van der Waals surface area (Å²) < 4.78 is 6.09. The van der Waals surface area contributed by atoms with E-state index in [0.29, 0.717) is 16.5 Å². The van der Waals surface area contributed by atoms with Gasteiger partial charge in [-0.25, -0.2) is 0 Å². The molecule has 0 bridgehead atoms. The van der Waals surface area contributed by atoms with Gasteiger partial charge < -0.3 is 9.84 Å². The van der Waals surface area contributed by atoms with Crippen LogP contribution in [0.5, 0.6) is 11.6 Å². The molecule has 0 saturated carbocycles. The minimum absolute atomic E-state index is 0.0286. The van der Waals surface area contributed by atoms with Crippen LogP contribution in [-0.4, -0.2) is 16.8 Å². The van der Waals surface area contributed by atoms with E-state index in [1.807, 2.05) is 6.07 Å². The quantitative estimate of drug-likeness (QED) is 0.871. The van der Waals surface area contributed by atoms with E-state index < -0.39 is 11.4 Å². The first-order valence-electron chi connectivity index (χ1n) is 6.48. The van der Waals surface area contributed by atoms with Crippen LogP contribution in [0.25, 0.3) is 0 Å². The summed E-state index contributed by atoms with van der Waals surface area (Å²) in [5.74, 6) is 0.0289. The van der Waals surface area contributed by atoms with Crippen LogP contribution < -0.4 is 10.3 Å². The van der Waals surface area contributed by atoms with Crippen molar-refractivity contribution in [2.45, 2.75) is 6.92 Å². The number of hydrogen-bond donors (Lipinski definition) is 1. The van der Waals surface area contributed by atoms with Crippen LogP contribution in [-0.2, 0) is 7.05 Å². The summed E-state index contributed by atoms with van der Waals surface area (Å²) in [5, 5.41) is 27.3. The first-order chi connectivity index (χ1) is 10.9. The number of hydrogen-bond acceptors (Lipinski definition) is 6. The number of nitrogens with zero attached hydrogens (tertiary/aromatic N) is 4. The van der Waals surface area contributed by atoms with Crippen LogP contribution in [0.15, 0.2) is 33.2 Å². The van der Waals surface area contributed by atoms with Gasteiger partial charge in [0.25, 0.3) is 5.56 Å². The Morgan fingerprint density at radius 3 is 2.70 bits per heavy atom. The molecule has 0 aliphatic carbocycles. The molecule has 23 heavy (non-hydrogen) atoms. The topological polar surface area (TPSA) is 100.0 Å². The van der Waals surface area contributed by atoms with Gasteiger partial charge >= 0.3 is 0 Å². The SMILES string of the molecule is COc1ccc(Cl)cc1N=Nc1c(C)c(C#N)c(O)n(C)c1=O. The van der Waals surface area contributed by atoms with Gasteiger partial charge in [0.15, 0.2) is 5.69 Å². The molecular formula is C15H13ClN4O3. The van der Waals surface area contributed by atoms with Crippen molar-refractivity contribution >= 4 is 23.0 Å². The van der Waals surface area contributed by atoms with Crippen molar-refractivity contribution in [3.8, 4) is 17.7 Å². The molecular weight excluding hydrogens is 320 g/mol. The standard InChI is InChI=1S/C15H13ClN4O3/c1-8-10(7-17)14(21)20(2)15(22)13(8)19-18-11-6-9(16)4-5-12(11)23-3/h4-6,21H,1-3H3. The zero-order valence-corrected chi connectivity index (χ0v) is 13.4. The number of benzene rings is 1. The average Bonchev–Trinajstić information content (AvgIpc) is 2.53. The highest BCUT2D eigenvalue weighted by Gasteiger charge is 2.17. The average molecular weight is 333 g/mol. The molecule has 1 heterocycles. The lowest BCUT2D eigenvalue weighted by molar-refractivity contribution is 0.415. The fourth-order valence-electron chi connectivity index (χ4n) is 1.97. The fraction of sp³-hybridized carbons (Fsp3) is 0.200. The number of aromatic nitrogens is 1. The van der Waals surface area contributed by atoms with Gasteiger partial charge in [-0.2, -0.15) is 5.26 Å². The van der Waals surface area contributed by atoms with Crippen molar-refractivity contribution < 1.29 is 9.84 Å². The van der Waals surface area contributed by atoms with E-state index in [-0.39, 0.29) is 16.8 Å². The largest absolute Gasteiger partial charge is 0.494 e. The van der Waals surface area contributed by atoms with E-state index in [4.69, 9.17) is 21.6 Å². The molecule has 1 aromatic heterocycles. The van der Waals surface area contributed by atoms with Gasteiger partial charge in [0, 0.05) is 17.6 Å². The van der Waals surface area contributed by atoms with Crippen LogP contribution in [0.2, 0.25) is 5.02 Å². The Morgan fingerprint density at radius 1 is 1.39 bits per heavy atom. The van der Waals surface area contributed by atoms with Crippen molar-refractivity contribution in [1.82, 2.24) is 4.57 Å². The smallest absolute Gasteiger partial charge is 0.281 e. The first kappa shape index (κ1) is 16.5. The second-order valence-electron chi connectivity index (χ2n) is 4.66. The van der Waals surface area contributed by atoms with Crippen molar-refractivity contribution in [2.75, 3.05) is 7.11 Å². The van der Waals surface area contributed by atoms with E-state index in [0.717, 1.165) is 4.57 Å². The zero-order chi connectivity index (χ0) is 17.1. The van der Waals surface area contributed by atoms with Crippen molar-refractivity contribution in [1.29, 1.82) is 5.26 Å². The first-order valence-corrected chi connectivity index (χ1v) is 6.86. The Kier molecular flexibility index (Phi) is 4.67. The molecule has 2 aromatic rings. The van der Waals surface area contributed by atoms with E-state index >= 15 is 0 Å². The Bertz CT molecular complexity index is 897. The number of methoxy groups -OCH3 is 1. The predicted molar refractivity (Wildman–Crippen MR) is 85.0 cm³/mol. The normalized spacial score (nSPS) is 10.7. The van der Waals surface area contributed by atoms with Gasteiger partial charge in [-0.15, -0.1) is 10.2 Å². The number of aromatic hydroxyl groups is 1.